The molecular formula is C72H63N. The largest absolute Gasteiger partial charge is 0.311 e. The molecule has 0 aliphatic heterocycles. The third-order valence-electron chi connectivity index (χ3n) is 13.3. The van der Waals surface area contributed by atoms with Crippen LogP contribution < -0.4 is 4.90 Å². The molecule has 1 nitrogen and oxygen atoms in total. The minimum atomic E-state index is 1.08. The van der Waals surface area contributed by atoms with Crippen molar-refractivity contribution in [1.82, 2.24) is 0 Å². The first-order valence-corrected chi connectivity index (χ1v) is 25.3. The Balaban J connectivity index is 1.01. The molecule has 73 heavy (non-hydrogen) atoms. The van der Waals surface area contributed by atoms with Crippen molar-refractivity contribution in [3.8, 4) is 0 Å². The van der Waals surface area contributed by atoms with Gasteiger partial charge in [-0.3, -0.25) is 0 Å². The van der Waals surface area contributed by atoms with E-state index in [1.54, 1.807) is 0 Å². The zero-order valence-electron chi connectivity index (χ0n) is 42.9. The monoisotopic (exact) mass is 941 g/mol. The van der Waals surface area contributed by atoms with Crippen LogP contribution in [-0.4, -0.2) is 0 Å². The quantitative estimate of drug-likeness (QED) is 0.0926. The molecule has 1 heteroatoms. The number of rotatable bonds is 15. The lowest BCUT2D eigenvalue weighted by atomic mass is 9.96. The third-order valence-corrected chi connectivity index (χ3v) is 13.3. The normalized spacial score (nSPS) is 11.3. The van der Waals surface area contributed by atoms with Crippen molar-refractivity contribution >= 4 is 52.0 Å². The second-order valence-electron chi connectivity index (χ2n) is 19.1. The number of benzene rings is 9. The standard InChI is InChI=1S/C72H63N/c1-52-16-34-61(35-17-52)70(62-36-18-53(2)19-37-62)13-7-10-58-28-46-67(47-29-58)73(68-48-30-59(31-49-68)11-8-14-71(63-38-20-54(3)21-39-63)64-40-22-55(4)23-41-64)69-50-32-60(33-51-69)12-9-15-72(65-42-24-56(5)25-43-65)66-44-26-57(6)27-45-66/h7-51H,1-6H3/b10-7+,11-8+,12-9+. The van der Waals surface area contributed by atoms with Crippen LogP contribution in [0.1, 0.15) is 83.5 Å². The number of nitrogens with zero attached hydrogens (tertiary/aromatic N) is 1. The van der Waals surface area contributed by atoms with Gasteiger partial charge in [-0.25, -0.2) is 0 Å². The second-order valence-corrected chi connectivity index (χ2v) is 19.1. The van der Waals surface area contributed by atoms with Crippen LogP contribution in [0.25, 0.3) is 34.9 Å². The van der Waals surface area contributed by atoms with E-state index < -0.39 is 0 Å². The molecule has 0 spiro atoms. The molecule has 0 aliphatic rings. The molecule has 0 N–H and O–H groups in total. The number of aryl methyl sites for hydroxylation is 6. The Bertz CT molecular complexity index is 2910. The molecular weight excluding hydrogens is 879 g/mol. The fraction of sp³-hybridized carbons (Fsp3) is 0.0833. The Kier molecular flexibility index (Phi) is 15.8. The molecule has 0 heterocycles. The van der Waals surface area contributed by atoms with Crippen molar-refractivity contribution in [2.45, 2.75) is 41.5 Å². The van der Waals surface area contributed by atoms with E-state index in [1.165, 1.54) is 83.5 Å². The van der Waals surface area contributed by atoms with E-state index in [9.17, 15) is 0 Å². The highest BCUT2D eigenvalue weighted by Crippen LogP contribution is 2.36. The van der Waals surface area contributed by atoms with E-state index in [-0.39, 0.29) is 0 Å². The lowest BCUT2D eigenvalue weighted by Gasteiger charge is -2.26. The van der Waals surface area contributed by atoms with Crippen molar-refractivity contribution in [1.29, 1.82) is 0 Å². The lowest BCUT2D eigenvalue weighted by molar-refractivity contribution is 1.28. The van der Waals surface area contributed by atoms with Gasteiger partial charge >= 0.3 is 0 Å². The van der Waals surface area contributed by atoms with Crippen LogP contribution in [0.5, 0.6) is 0 Å². The van der Waals surface area contributed by atoms with E-state index in [0.29, 0.717) is 0 Å². The summed E-state index contributed by atoms with van der Waals surface area (Å²) in [5.41, 5.74) is 24.9. The first-order chi connectivity index (χ1) is 35.6. The Hall–Kier alpha value is -8.78. The van der Waals surface area contributed by atoms with Crippen LogP contribution in [0, 0.1) is 41.5 Å². The zero-order chi connectivity index (χ0) is 50.5. The summed E-state index contributed by atoms with van der Waals surface area (Å²) in [6.07, 6.45) is 19.7. The van der Waals surface area contributed by atoms with Gasteiger partial charge < -0.3 is 4.90 Å². The molecule has 0 saturated heterocycles. The van der Waals surface area contributed by atoms with Crippen molar-refractivity contribution in [2.75, 3.05) is 4.90 Å². The zero-order valence-corrected chi connectivity index (χ0v) is 42.9. The van der Waals surface area contributed by atoms with Gasteiger partial charge in [0.05, 0.1) is 0 Å². The molecule has 0 saturated carbocycles. The van der Waals surface area contributed by atoms with Crippen LogP contribution in [0.4, 0.5) is 17.1 Å². The van der Waals surface area contributed by atoms with Gasteiger partial charge in [0.15, 0.2) is 0 Å². The Morgan fingerprint density at radius 1 is 0.233 bits per heavy atom. The minimum absolute atomic E-state index is 1.08. The minimum Gasteiger partial charge on any atom is -0.311 e. The summed E-state index contributed by atoms with van der Waals surface area (Å²) < 4.78 is 0. The van der Waals surface area contributed by atoms with Crippen LogP contribution in [0.2, 0.25) is 0 Å². The highest BCUT2D eigenvalue weighted by molar-refractivity contribution is 5.85. The van der Waals surface area contributed by atoms with Gasteiger partial charge in [0.25, 0.3) is 0 Å². The molecule has 0 unspecified atom stereocenters. The summed E-state index contributed by atoms with van der Waals surface area (Å²) in [6, 6.07) is 79.2. The lowest BCUT2D eigenvalue weighted by Crippen LogP contribution is -2.09. The van der Waals surface area contributed by atoms with Gasteiger partial charge in [-0.1, -0.05) is 270 Å². The molecule has 0 bridgehead atoms. The van der Waals surface area contributed by atoms with Gasteiger partial charge in [0, 0.05) is 17.1 Å². The molecule has 9 rings (SSSR count). The number of hydrogen-bond acceptors (Lipinski definition) is 1. The number of anilines is 3. The summed E-state index contributed by atoms with van der Waals surface area (Å²) >= 11 is 0. The predicted octanol–water partition coefficient (Wildman–Crippen LogP) is 19.4. The number of allylic oxidation sites excluding steroid dienone is 6. The maximum Gasteiger partial charge on any atom is 0.0462 e. The third kappa shape index (κ3) is 13.0. The van der Waals surface area contributed by atoms with Crippen LogP contribution >= 0.6 is 0 Å². The van der Waals surface area contributed by atoms with Crippen molar-refractivity contribution in [3.63, 3.8) is 0 Å². The van der Waals surface area contributed by atoms with Gasteiger partial charge in [-0.05, 0) is 145 Å². The van der Waals surface area contributed by atoms with Crippen molar-refractivity contribution in [2.24, 2.45) is 0 Å². The molecule has 9 aromatic rings. The fourth-order valence-electron chi connectivity index (χ4n) is 8.89. The highest BCUT2D eigenvalue weighted by Gasteiger charge is 2.13. The van der Waals surface area contributed by atoms with Crippen LogP contribution in [-0.2, 0) is 0 Å². The second kappa shape index (κ2) is 23.4. The summed E-state index contributed by atoms with van der Waals surface area (Å²) in [4.78, 5) is 2.33. The Morgan fingerprint density at radius 3 is 0.589 bits per heavy atom. The van der Waals surface area contributed by atoms with E-state index in [0.717, 1.165) is 33.8 Å². The highest BCUT2D eigenvalue weighted by atomic mass is 15.1. The summed E-state index contributed by atoms with van der Waals surface area (Å²) in [6.45, 7) is 12.8. The van der Waals surface area contributed by atoms with E-state index in [2.05, 4.69) is 320 Å². The van der Waals surface area contributed by atoms with Gasteiger partial charge in [-0.2, -0.15) is 0 Å². The topological polar surface area (TPSA) is 3.24 Å². The summed E-state index contributed by atoms with van der Waals surface area (Å²) in [7, 11) is 0. The van der Waals surface area contributed by atoms with Crippen LogP contribution in [0.3, 0.4) is 0 Å². The van der Waals surface area contributed by atoms with Gasteiger partial charge in [0.2, 0.25) is 0 Å². The summed E-state index contributed by atoms with van der Waals surface area (Å²) in [5, 5.41) is 0. The molecule has 356 valence electrons. The average Bonchev–Trinajstić information content (AvgIpc) is 3.41. The molecule has 0 aliphatic carbocycles. The molecule has 0 amide bonds. The van der Waals surface area contributed by atoms with Gasteiger partial charge in [-0.15, -0.1) is 0 Å². The Labute approximate surface area is 434 Å². The first kappa shape index (κ1) is 49.2. The fourth-order valence-corrected chi connectivity index (χ4v) is 8.89. The molecule has 0 atom stereocenters. The Morgan fingerprint density at radius 2 is 0.411 bits per heavy atom. The first-order valence-electron chi connectivity index (χ1n) is 25.3. The smallest absolute Gasteiger partial charge is 0.0462 e. The van der Waals surface area contributed by atoms with Gasteiger partial charge in [0.1, 0.15) is 0 Å². The maximum absolute atomic E-state index is 2.33. The van der Waals surface area contributed by atoms with Crippen molar-refractivity contribution in [3.05, 3.63) is 338 Å². The summed E-state index contributed by atoms with van der Waals surface area (Å²) in [5.74, 6) is 0. The van der Waals surface area contributed by atoms with Crippen molar-refractivity contribution < 1.29 is 0 Å². The van der Waals surface area contributed by atoms with E-state index in [4.69, 9.17) is 0 Å². The molecule has 9 aromatic carbocycles. The predicted molar refractivity (Wildman–Crippen MR) is 317 cm³/mol. The molecule has 0 aromatic heterocycles. The maximum atomic E-state index is 2.33. The van der Waals surface area contributed by atoms with E-state index in [1.807, 2.05) is 0 Å². The van der Waals surface area contributed by atoms with Crippen LogP contribution in [0.15, 0.2) is 255 Å². The van der Waals surface area contributed by atoms with E-state index >= 15 is 0 Å². The molecule has 0 fully saturated rings. The SMILES string of the molecule is Cc1ccc(C(=C/C=C/c2ccc(N(c3ccc(/C=C/C=C(c4ccc(C)cc4)c4ccc(C)cc4)cc3)c3ccc(/C=C/C=C(c4ccc(C)cc4)c4ccc(C)cc4)cc3)cc2)c2ccc(C)cc2)cc1. The molecule has 0 radical (unpaired) electrons. The average molecular weight is 942 g/mol. The number of hydrogen-bond donors (Lipinski definition) is 0.